The van der Waals surface area contributed by atoms with E-state index in [2.05, 4.69) is 41.0 Å². The topological polar surface area (TPSA) is 32.8 Å². The largest absolute Gasteiger partial charge is 0.462 e. The molecule has 4 aliphatic rings. The zero-order valence-electron chi connectivity index (χ0n) is 16.6. The number of cyclic esters (lactones) is 1. The summed E-state index contributed by atoms with van der Waals surface area (Å²) in [6.45, 7) is 8.09. The average molecular weight is 369 g/mol. The molecule has 0 N–H and O–H groups in total. The maximum atomic E-state index is 12.4. The minimum absolute atomic E-state index is 0.110. The molecule has 1 aromatic carbocycles. The SMILES string of the molecule is Cc1ccccc1N1CC2(CN(CCC3CC4(CCCCC4)C(=O)O3)C2)C1. The summed E-state index contributed by atoms with van der Waals surface area (Å²) in [6.07, 6.45) is 7.97. The predicted octanol–water partition coefficient (Wildman–Crippen LogP) is 3.77. The van der Waals surface area contributed by atoms with Gasteiger partial charge in [0.2, 0.25) is 0 Å². The van der Waals surface area contributed by atoms with Crippen LogP contribution in [0.15, 0.2) is 24.3 Å². The molecular formula is C23H32N2O2. The molecule has 4 nitrogen and oxygen atoms in total. The van der Waals surface area contributed by atoms with E-state index in [1.54, 1.807) is 0 Å². The second-order valence-corrected chi connectivity index (χ2v) is 9.71. The molecule has 0 bridgehead atoms. The van der Waals surface area contributed by atoms with Crippen LogP contribution in [-0.4, -0.2) is 49.7 Å². The van der Waals surface area contributed by atoms with Crippen LogP contribution in [0.3, 0.4) is 0 Å². The van der Waals surface area contributed by atoms with Gasteiger partial charge in [0, 0.05) is 50.2 Å². The summed E-state index contributed by atoms with van der Waals surface area (Å²) in [5, 5.41) is 0. The van der Waals surface area contributed by atoms with Gasteiger partial charge in [-0.25, -0.2) is 0 Å². The van der Waals surface area contributed by atoms with Crippen LogP contribution in [0.5, 0.6) is 0 Å². The van der Waals surface area contributed by atoms with Crippen LogP contribution in [0.1, 0.15) is 50.5 Å². The Hall–Kier alpha value is -1.55. The van der Waals surface area contributed by atoms with Gasteiger partial charge in [0.25, 0.3) is 0 Å². The molecule has 0 radical (unpaired) electrons. The third-order valence-corrected chi connectivity index (χ3v) is 7.53. The second-order valence-electron chi connectivity index (χ2n) is 9.71. The maximum Gasteiger partial charge on any atom is 0.312 e. The number of hydrogen-bond acceptors (Lipinski definition) is 4. The van der Waals surface area contributed by atoms with Crippen molar-refractivity contribution in [1.82, 2.24) is 4.90 Å². The van der Waals surface area contributed by atoms with E-state index in [9.17, 15) is 4.79 Å². The molecule has 0 aromatic heterocycles. The van der Waals surface area contributed by atoms with Crippen molar-refractivity contribution in [3.05, 3.63) is 29.8 Å². The van der Waals surface area contributed by atoms with Crippen LogP contribution in [0.2, 0.25) is 0 Å². The van der Waals surface area contributed by atoms with Gasteiger partial charge in [-0.15, -0.1) is 0 Å². The van der Waals surface area contributed by atoms with E-state index in [0.29, 0.717) is 5.41 Å². The molecule has 1 aliphatic carbocycles. The summed E-state index contributed by atoms with van der Waals surface area (Å²) in [5.41, 5.74) is 3.18. The molecular weight excluding hydrogens is 336 g/mol. The number of benzene rings is 1. The van der Waals surface area contributed by atoms with E-state index in [4.69, 9.17) is 4.74 Å². The van der Waals surface area contributed by atoms with Crippen LogP contribution in [0, 0.1) is 17.8 Å². The van der Waals surface area contributed by atoms with Gasteiger partial charge in [0.1, 0.15) is 6.10 Å². The number of carbonyl (C=O) groups is 1. The number of hydrogen-bond donors (Lipinski definition) is 0. The first-order valence-electron chi connectivity index (χ1n) is 10.8. The van der Waals surface area contributed by atoms with Crippen molar-refractivity contribution in [2.24, 2.45) is 10.8 Å². The fourth-order valence-corrected chi connectivity index (χ4v) is 6.07. The van der Waals surface area contributed by atoms with E-state index in [1.807, 2.05) is 0 Å². The van der Waals surface area contributed by atoms with Crippen LogP contribution < -0.4 is 4.90 Å². The van der Waals surface area contributed by atoms with E-state index >= 15 is 0 Å². The zero-order valence-corrected chi connectivity index (χ0v) is 16.6. The standard InChI is InChI=1S/C23H32N2O2/c1-18-7-3-4-8-20(18)25-16-22(17-25)14-24(15-22)12-9-19-13-23(21(26)27-19)10-5-2-6-11-23/h3-4,7-8,19H,2,5-6,9-17H2,1H3. The van der Waals surface area contributed by atoms with Crippen LogP contribution in [0.4, 0.5) is 5.69 Å². The van der Waals surface area contributed by atoms with Gasteiger partial charge in [-0.2, -0.15) is 0 Å². The number of nitrogens with zero attached hydrogens (tertiary/aromatic N) is 2. The van der Waals surface area contributed by atoms with Gasteiger partial charge < -0.3 is 14.5 Å². The third-order valence-electron chi connectivity index (χ3n) is 7.53. The summed E-state index contributed by atoms with van der Waals surface area (Å²) >= 11 is 0. The molecule has 0 amide bonds. The highest BCUT2D eigenvalue weighted by molar-refractivity contribution is 5.79. The number of likely N-dealkylation sites (tertiary alicyclic amines) is 1. The minimum Gasteiger partial charge on any atom is -0.462 e. The Morgan fingerprint density at radius 2 is 1.81 bits per heavy atom. The quantitative estimate of drug-likeness (QED) is 0.758. The Morgan fingerprint density at radius 3 is 2.56 bits per heavy atom. The minimum atomic E-state index is -0.110. The predicted molar refractivity (Wildman–Crippen MR) is 107 cm³/mol. The fourth-order valence-electron chi connectivity index (χ4n) is 6.07. The van der Waals surface area contributed by atoms with Crippen molar-refractivity contribution in [2.45, 2.75) is 58.0 Å². The molecule has 1 saturated carbocycles. The van der Waals surface area contributed by atoms with Crippen LogP contribution in [-0.2, 0) is 9.53 Å². The number of anilines is 1. The first kappa shape index (κ1) is 17.5. The molecule has 2 spiro atoms. The molecule has 3 saturated heterocycles. The molecule has 1 aromatic rings. The van der Waals surface area contributed by atoms with Crippen LogP contribution >= 0.6 is 0 Å². The molecule has 3 aliphatic heterocycles. The molecule has 27 heavy (non-hydrogen) atoms. The smallest absolute Gasteiger partial charge is 0.312 e. The lowest BCUT2D eigenvalue weighted by Crippen LogP contribution is -2.72. The zero-order chi connectivity index (χ0) is 18.5. The number of aryl methyl sites for hydroxylation is 1. The summed E-state index contributed by atoms with van der Waals surface area (Å²) in [7, 11) is 0. The van der Waals surface area contributed by atoms with Gasteiger partial charge in [-0.1, -0.05) is 37.5 Å². The van der Waals surface area contributed by atoms with E-state index in [-0.39, 0.29) is 17.5 Å². The fraction of sp³-hybridized carbons (Fsp3) is 0.696. The number of esters is 1. The first-order valence-corrected chi connectivity index (χ1v) is 10.8. The summed E-state index contributed by atoms with van der Waals surface area (Å²) in [5.74, 6) is 0.111. The number of rotatable bonds is 4. The molecule has 1 atom stereocenters. The Morgan fingerprint density at radius 1 is 1.07 bits per heavy atom. The van der Waals surface area contributed by atoms with Crippen molar-refractivity contribution in [3.8, 4) is 0 Å². The van der Waals surface area contributed by atoms with Gasteiger partial charge in [0.05, 0.1) is 5.41 Å². The molecule has 5 rings (SSSR count). The number of carbonyl (C=O) groups excluding carboxylic acids is 1. The Labute approximate surface area is 162 Å². The lowest BCUT2D eigenvalue weighted by Gasteiger charge is -2.61. The highest BCUT2D eigenvalue weighted by atomic mass is 16.6. The van der Waals surface area contributed by atoms with E-state index in [1.165, 1.54) is 56.7 Å². The van der Waals surface area contributed by atoms with Crippen molar-refractivity contribution in [2.75, 3.05) is 37.6 Å². The molecule has 146 valence electrons. The molecule has 4 fully saturated rings. The maximum absolute atomic E-state index is 12.4. The Balaban J connectivity index is 1.07. The van der Waals surface area contributed by atoms with Crippen molar-refractivity contribution >= 4 is 11.7 Å². The summed E-state index contributed by atoms with van der Waals surface area (Å²) < 4.78 is 5.78. The lowest BCUT2D eigenvalue weighted by molar-refractivity contribution is -0.150. The second kappa shape index (κ2) is 6.51. The summed E-state index contributed by atoms with van der Waals surface area (Å²) in [6, 6.07) is 8.71. The van der Waals surface area contributed by atoms with Gasteiger partial charge >= 0.3 is 5.97 Å². The monoisotopic (exact) mass is 368 g/mol. The molecule has 1 unspecified atom stereocenters. The first-order chi connectivity index (χ1) is 13.1. The molecule has 3 heterocycles. The van der Waals surface area contributed by atoms with Crippen molar-refractivity contribution in [1.29, 1.82) is 0 Å². The van der Waals surface area contributed by atoms with Crippen molar-refractivity contribution in [3.63, 3.8) is 0 Å². The summed E-state index contributed by atoms with van der Waals surface area (Å²) in [4.78, 5) is 17.5. The number of para-hydroxylation sites is 1. The van der Waals surface area contributed by atoms with Crippen LogP contribution in [0.25, 0.3) is 0 Å². The highest BCUT2D eigenvalue weighted by Crippen LogP contribution is 2.47. The van der Waals surface area contributed by atoms with E-state index < -0.39 is 0 Å². The normalized spacial score (nSPS) is 28.9. The lowest BCUT2D eigenvalue weighted by atomic mass is 9.71. The third kappa shape index (κ3) is 3.06. The van der Waals surface area contributed by atoms with Crippen molar-refractivity contribution < 1.29 is 9.53 Å². The number of ether oxygens (including phenoxy) is 1. The Bertz CT molecular complexity index is 711. The van der Waals surface area contributed by atoms with Gasteiger partial charge in [0.15, 0.2) is 0 Å². The van der Waals surface area contributed by atoms with E-state index in [0.717, 1.165) is 32.2 Å². The molecule has 4 heteroatoms. The van der Waals surface area contributed by atoms with Gasteiger partial charge in [-0.3, -0.25) is 4.79 Å². The average Bonchev–Trinajstić information content (AvgIpc) is 2.89. The highest BCUT2D eigenvalue weighted by Gasteiger charge is 2.52. The van der Waals surface area contributed by atoms with Gasteiger partial charge in [-0.05, 0) is 37.8 Å². The Kier molecular flexibility index (Phi) is 4.23.